The summed E-state index contributed by atoms with van der Waals surface area (Å²) in [4.78, 5) is 8.12. The van der Waals surface area contributed by atoms with Crippen molar-refractivity contribution in [2.45, 2.75) is 10.6 Å². The van der Waals surface area contributed by atoms with Crippen LogP contribution in [0.2, 0.25) is 5.15 Å². The smallest absolute Gasteiger partial charge is 0.147 e. The van der Waals surface area contributed by atoms with Crippen LogP contribution in [0.5, 0.6) is 0 Å². The van der Waals surface area contributed by atoms with Gasteiger partial charge in [-0.05, 0) is 18.2 Å². The normalized spacial score (nSPS) is 10.5. The van der Waals surface area contributed by atoms with Gasteiger partial charge in [-0.1, -0.05) is 11.6 Å². The van der Waals surface area contributed by atoms with E-state index in [1.165, 1.54) is 12.4 Å². The lowest BCUT2D eigenvalue weighted by atomic mass is 10.3. The molecule has 0 fully saturated rings. The highest BCUT2D eigenvalue weighted by atomic mass is 35.5. The molecule has 0 bridgehead atoms. The quantitative estimate of drug-likeness (QED) is 0.797. The number of hydrogen-bond donors (Lipinski definition) is 0. The molecule has 2 rings (SSSR count). The third-order valence-electron chi connectivity index (χ3n) is 1.94. The lowest BCUT2D eigenvalue weighted by Gasteiger charge is -2.02. The van der Waals surface area contributed by atoms with Crippen LogP contribution in [-0.4, -0.2) is 9.97 Å². The fraction of sp³-hybridized carbons (Fsp3) is 0.0909. The molecule has 0 atom stereocenters. The molecule has 0 N–H and O–H groups in total. The molecule has 0 unspecified atom stereocenters. The van der Waals surface area contributed by atoms with E-state index < -0.39 is 11.6 Å². The lowest BCUT2D eigenvalue weighted by molar-refractivity contribution is 0.577. The van der Waals surface area contributed by atoms with Gasteiger partial charge in [0.1, 0.15) is 16.8 Å². The summed E-state index contributed by atoms with van der Waals surface area (Å²) in [6.45, 7) is 0. The molecule has 0 aliphatic heterocycles. The fourth-order valence-corrected chi connectivity index (χ4v) is 2.10. The molecular formula is C11H7ClF2N2S. The number of rotatable bonds is 3. The van der Waals surface area contributed by atoms with Gasteiger partial charge in [0.25, 0.3) is 0 Å². The summed E-state index contributed by atoms with van der Waals surface area (Å²) >= 11 is 6.74. The maximum Gasteiger partial charge on any atom is 0.147 e. The van der Waals surface area contributed by atoms with Gasteiger partial charge in [0.05, 0.1) is 18.1 Å². The minimum Gasteiger partial charge on any atom is -0.256 e. The van der Waals surface area contributed by atoms with Crippen molar-refractivity contribution in [2.75, 3.05) is 0 Å². The molecular weight excluding hydrogens is 266 g/mol. The topological polar surface area (TPSA) is 25.8 Å². The highest BCUT2D eigenvalue weighted by Crippen LogP contribution is 2.25. The summed E-state index contributed by atoms with van der Waals surface area (Å²) in [6, 6.07) is 3.34. The first kappa shape index (κ1) is 12.3. The third-order valence-corrected chi connectivity index (χ3v) is 3.20. The Balaban J connectivity index is 2.07. The van der Waals surface area contributed by atoms with E-state index in [0.29, 0.717) is 16.6 Å². The molecule has 2 aromatic rings. The van der Waals surface area contributed by atoms with Crippen LogP contribution in [0.15, 0.2) is 35.5 Å². The van der Waals surface area contributed by atoms with E-state index in [2.05, 4.69) is 9.97 Å². The number of aromatic nitrogens is 2. The molecule has 0 radical (unpaired) electrons. The highest BCUT2D eigenvalue weighted by molar-refractivity contribution is 7.98. The lowest BCUT2D eigenvalue weighted by Crippen LogP contribution is -1.90. The number of halogens is 3. The maximum atomic E-state index is 13.3. The average molecular weight is 273 g/mol. The first-order chi connectivity index (χ1) is 8.15. The second-order valence-corrected chi connectivity index (χ2v) is 4.60. The summed E-state index contributed by atoms with van der Waals surface area (Å²) in [5.41, 5.74) is 0.656. The van der Waals surface area contributed by atoms with E-state index >= 15 is 0 Å². The Bertz CT molecular complexity index is 519. The van der Waals surface area contributed by atoms with Gasteiger partial charge in [-0.15, -0.1) is 11.8 Å². The molecule has 0 aliphatic carbocycles. The van der Waals surface area contributed by atoms with Crippen LogP contribution in [0.4, 0.5) is 8.78 Å². The highest BCUT2D eigenvalue weighted by Gasteiger charge is 2.05. The molecule has 17 heavy (non-hydrogen) atoms. The molecule has 1 aromatic carbocycles. The van der Waals surface area contributed by atoms with E-state index in [9.17, 15) is 8.78 Å². The van der Waals surface area contributed by atoms with Gasteiger partial charge < -0.3 is 0 Å². The second kappa shape index (κ2) is 5.42. The predicted molar refractivity (Wildman–Crippen MR) is 63.0 cm³/mol. The summed E-state index contributed by atoms with van der Waals surface area (Å²) < 4.78 is 26.2. The Morgan fingerprint density at radius 1 is 1.18 bits per heavy atom. The van der Waals surface area contributed by atoms with Crippen molar-refractivity contribution in [3.8, 4) is 0 Å². The van der Waals surface area contributed by atoms with Gasteiger partial charge in [-0.3, -0.25) is 4.98 Å². The van der Waals surface area contributed by atoms with E-state index in [1.807, 2.05) is 0 Å². The Morgan fingerprint density at radius 3 is 2.71 bits per heavy atom. The Kier molecular flexibility index (Phi) is 3.91. The van der Waals surface area contributed by atoms with Crippen molar-refractivity contribution in [2.24, 2.45) is 0 Å². The van der Waals surface area contributed by atoms with Crippen LogP contribution in [0.1, 0.15) is 5.69 Å². The minimum absolute atomic E-state index is 0.252. The number of benzene rings is 1. The molecule has 0 spiro atoms. The summed E-state index contributed by atoms with van der Waals surface area (Å²) in [5, 5.41) is 0.302. The SMILES string of the molecule is Fc1ccc(F)c(SCc2cnc(Cl)cn2)c1. The van der Waals surface area contributed by atoms with Gasteiger partial charge in [-0.25, -0.2) is 13.8 Å². The van der Waals surface area contributed by atoms with Gasteiger partial charge in [-0.2, -0.15) is 0 Å². The van der Waals surface area contributed by atoms with E-state index in [0.717, 1.165) is 30.0 Å². The zero-order valence-electron chi connectivity index (χ0n) is 8.53. The summed E-state index contributed by atoms with van der Waals surface area (Å²) in [7, 11) is 0. The molecule has 88 valence electrons. The van der Waals surface area contributed by atoms with Crippen LogP contribution >= 0.6 is 23.4 Å². The van der Waals surface area contributed by atoms with Crippen LogP contribution in [-0.2, 0) is 5.75 Å². The fourth-order valence-electron chi connectivity index (χ4n) is 1.15. The molecule has 1 heterocycles. The van der Waals surface area contributed by atoms with Crippen LogP contribution in [0.25, 0.3) is 0 Å². The number of thioether (sulfide) groups is 1. The van der Waals surface area contributed by atoms with Gasteiger partial charge in [0.15, 0.2) is 0 Å². The first-order valence-corrected chi connectivity index (χ1v) is 6.06. The largest absolute Gasteiger partial charge is 0.256 e. The summed E-state index contributed by atoms with van der Waals surface area (Å²) in [5.74, 6) is -0.501. The van der Waals surface area contributed by atoms with E-state index in [1.54, 1.807) is 0 Å². The van der Waals surface area contributed by atoms with Gasteiger partial charge >= 0.3 is 0 Å². The molecule has 6 heteroatoms. The van der Waals surface area contributed by atoms with Crippen molar-refractivity contribution >= 4 is 23.4 Å². The van der Waals surface area contributed by atoms with Crippen LogP contribution in [0, 0.1) is 11.6 Å². The van der Waals surface area contributed by atoms with E-state index in [4.69, 9.17) is 11.6 Å². The molecule has 0 saturated carbocycles. The van der Waals surface area contributed by atoms with Gasteiger partial charge in [0.2, 0.25) is 0 Å². The number of hydrogen-bond acceptors (Lipinski definition) is 3. The molecule has 2 nitrogen and oxygen atoms in total. The van der Waals surface area contributed by atoms with Gasteiger partial charge in [0, 0.05) is 10.6 Å². The zero-order chi connectivity index (χ0) is 12.3. The third kappa shape index (κ3) is 3.38. The van der Waals surface area contributed by atoms with Crippen molar-refractivity contribution < 1.29 is 8.78 Å². The molecule has 0 aliphatic rings. The first-order valence-electron chi connectivity index (χ1n) is 4.69. The van der Waals surface area contributed by atoms with Crippen molar-refractivity contribution in [3.63, 3.8) is 0 Å². The van der Waals surface area contributed by atoms with Crippen molar-refractivity contribution in [3.05, 3.63) is 53.1 Å². The predicted octanol–water partition coefficient (Wildman–Crippen LogP) is 3.70. The number of nitrogens with zero attached hydrogens (tertiary/aromatic N) is 2. The standard InChI is InChI=1S/C11H7ClF2N2S/c12-11-5-15-8(4-16-11)6-17-10-3-7(13)1-2-9(10)14/h1-5H,6H2. The molecule has 1 aromatic heterocycles. The van der Waals surface area contributed by atoms with Crippen molar-refractivity contribution in [1.29, 1.82) is 0 Å². The van der Waals surface area contributed by atoms with Crippen molar-refractivity contribution in [1.82, 2.24) is 9.97 Å². The van der Waals surface area contributed by atoms with E-state index in [-0.39, 0.29) is 4.90 Å². The van der Waals surface area contributed by atoms with Crippen LogP contribution in [0.3, 0.4) is 0 Å². The zero-order valence-corrected chi connectivity index (χ0v) is 10.1. The second-order valence-electron chi connectivity index (χ2n) is 3.19. The minimum atomic E-state index is -0.462. The van der Waals surface area contributed by atoms with Crippen LogP contribution < -0.4 is 0 Å². The Hall–Kier alpha value is -1.20. The molecule has 0 amide bonds. The summed E-state index contributed by atoms with van der Waals surface area (Å²) in [6.07, 6.45) is 2.92. The Morgan fingerprint density at radius 2 is 2.00 bits per heavy atom. The Labute approximate surface area is 106 Å². The monoisotopic (exact) mass is 272 g/mol. The maximum absolute atomic E-state index is 13.3. The average Bonchev–Trinajstić information content (AvgIpc) is 2.32. The molecule has 0 saturated heterocycles.